The molecule has 0 aliphatic heterocycles. The molecule has 3 aromatic heterocycles. The Hall–Kier alpha value is -2.52. The van der Waals surface area contributed by atoms with Gasteiger partial charge in [0.2, 0.25) is 5.95 Å². The fraction of sp³-hybridized carbons (Fsp3) is 0.0625. The van der Waals surface area contributed by atoms with Gasteiger partial charge in [-0.3, -0.25) is 9.55 Å². The van der Waals surface area contributed by atoms with Crippen LogP contribution in [0.5, 0.6) is 0 Å². The lowest BCUT2D eigenvalue weighted by Gasteiger charge is -2.10. The lowest BCUT2D eigenvalue weighted by Crippen LogP contribution is -2.16. The Bertz CT molecular complexity index is 1220. The number of halogens is 1. The number of nitrogens with zero attached hydrogens (tertiary/aromatic N) is 4. The van der Waals surface area contributed by atoms with Gasteiger partial charge in [-0.2, -0.15) is 0 Å². The van der Waals surface area contributed by atoms with Crippen LogP contribution in [0, 0.1) is 0 Å². The first kappa shape index (κ1) is 16.0. The molecule has 0 aliphatic rings. The van der Waals surface area contributed by atoms with Crippen molar-refractivity contribution in [3.63, 3.8) is 0 Å². The Balaban J connectivity index is 1.86. The van der Waals surface area contributed by atoms with Crippen molar-refractivity contribution in [1.82, 2.24) is 19.5 Å². The van der Waals surface area contributed by atoms with Gasteiger partial charge in [-0.25, -0.2) is 23.1 Å². The molecule has 1 N–H and O–H groups in total. The normalized spacial score (nSPS) is 11.9. The SMILES string of the molecule is Cn1c(NS(=O)(=O)c2cc(Br)cc3cccnc23)nc2cccnc21. The summed E-state index contributed by atoms with van der Waals surface area (Å²) >= 11 is 3.35. The fourth-order valence-corrected chi connectivity index (χ4v) is 4.49. The van der Waals surface area contributed by atoms with Gasteiger partial charge in [-0.05, 0) is 30.3 Å². The molecule has 0 fully saturated rings. The van der Waals surface area contributed by atoms with E-state index >= 15 is 0 Å². The highest BCUT2D eigenvalue weighted by molar-refractivity contribution is 9.10. The summed E-state index contributed by atoms with van der Waals surface area (Å²) in [6.07, 6.45) is 3.20. The summed E-state index contributed by atoms with van der Waals surface area (Å²) in [6, 6.07) is 10.4. The minimum absolute atomic E-state index is 0.0810. The molecule has 9 heteroatoms. The molecular weight excluding hydrogens is 406 g/mol. The summed E-state index contributed by atoms with van der Waals surface area (Å²) in [6.45, 7) is 0. The molecule has 3 heterocycles. The average Bonchev–Trinajstić information content (AvgIpc) is 2.90. The first-order chi connectivity index (χ1) is 12.0. The van der Waals surface area contributed by atoms with Gasteiger partial charge in [0.15, 0.2) is 5.65 Å². The number of hydrogen-bond acceptors (Lipinski definition) is 5. The Morgan fingerprint density at radius 1 is 1.12 bits per heavy atom. The molecule has 7 nitrogen and oxygen atoms in total. The predicted octanol–water partition coefficient (Wildman–Crippen LogP) is 3.08. The molecule has 1 aromatic carbocycles. The van der Waals surface area contributed by atoms with E-state index in [2.05, 4.69) is 35.6 Å². The van der Waals surface area contributed by atoms with Crippen LogP contribution in [-0.4, -0.2) is 27.9 Å². The average molecular weight is 418 g/mol. The van der Waals surface area contributed by atoms with Crippen LogP contribution < -0.4 is 4.72 Å². The van der Waals surface area contributed by atoms with Crippen LogP contribution >= 0.6 is 15.9 Å². The highest BCUT2D eigenvalue weighted by Gasteiger charge is 2.22. The van der Waals surface area contributed by atoms with E-state index < -0.39 is 10.0 Å². The molecule has 0 radical (unpaired) electrons. The summed E-state index contributed by atoms with van der Waals surface area (Å²) in [5, 5.41) is 0.726. The van der Waals surface area contributed by atoms with Crippen LogP contribution in [0.15, 0.2) is 58.2 Å². The first-order valence-electron chi connectivity index (χ1n) is 7.30. The summed E-state index contributed by atoms with van der Waals surface area (Å²) in [7, 11) is -2.18. The van der Waals surface area contributed by atoms with E-state index in [0.717, 1.165) is 5.39 Å². The van der Waals surface area contributed by atoms with Gasteiger partial charge in [-0.15, -0.1) is 0 Å². The van der Waals surface area contributed by atoms with Gasteiger partial charge in [0.25, 0.3) is 10.0 Å². The molecule has 0 aliphatic carbocycles. The van der Waals surface area contributed by atoms with Crippen molar-refractivity contribution in [3.05, 3.63) is 53.3 Å². The van der Waals surface area contributed by atoms with Gasteiger partial charge >= 0.3 is 0 Å². The zero-order chi connectivity index (χ0) is 17.6. The van der Waals surface area contributed by atoms with Crippen LogP contribution in [-0.2, 0) is 17.1 Å². The molecule has 0 amide bonds. The van der Waals surface area contributed by atoms with Crippen molar-refractivity contribution < 1.29 is 8.42 Å². The summed E-state index contributed by atoms with van der Waals surface area (Å²) < 4.78 is 30.7. The molecule has 25 heavy (non-hydrogen) atoms. The van der Waals surface area contributed by atoms with Gasteiger partial charge in [-0.1, -0.05) is 22.0 Å². The lowest BCUT2D eigenvalue weighted by molar-refractivity contribution is 0.601. The maximum atomic E-state index is 13.0. The van der Waals surface area contributed by atoms with E-state index in [-0.39, 0.29) is 10.8 Å². The number of sulfonamides is 1. The minimum Gasteiger partial charge on any atom is -0.297 e. The van der Waals surface area contributed by atoms with Gasteiger partial charge in [0.1, 0.15) is 10.4 Å². The Morgan fingerprint density at radius 3 is 2.68 bits per heavy atom. The number of pyridine rings is 2. The maximum absolute atomic E-state index is 13.0. The quantitative estimate of drug-likeness (QED) is 0.552. The van der Waals surface area contributed by atoms with Gasteiger partial charge in [0.05, 0.1) is 5.52 Å². The summed E-state index contributed by atoms with van der Waals surface area (Å²) in [4.78, 5) is 12.8. The number of imidazole rings is 1. The third-order valence-electron chi connectivity index (χ3n) is 3.78. The Morgan fingerprint density at radius 2 is 1.88 bits per heavy atom. The van der Waals surface area contributed by atoms with Crippen molar-refractivity contribution in [3.8, 4) is 0 Å². The molecule has 0 atom stereocenters. The minimum atomic E-state index is -3.89. The molecule has 0 bridgehead atoms. The molecule has 0 saturated carbocycles. The number of anilines is 1. The molecule has 0 unspecified atom stereocenters. The highest BCUT2D eigenvalue weighted by Crippen LogP contribution is 2.28. The third kappa shape index (κ3) is 2.75. The van der Waals surface area contributed by atoms with E-state index in [1.807, 2.05) is 12.1 Å². The van der Waals surface area contributed by atoms with Crippen LogP contribution in [0.2, 0.25) is 0 Å². The monoisotopic (exact) mass is 417 g/mol. The zero-order valence-electron chi connectivity index (χ0n) is 13.0. The number of hydrogen-bond donors (Lipinski definition) is 1. The Labute approximate surface area is 151 Å². The van der Waals surface area contributed by atoms with Crippen LogP contribution in [0.3, 0.4) is 0 Å². The molecule has 4 aromatic rings. The van der Waals surface area contributed by atoms with E-state index in [0.29, 0.717) is 21.2 Å². The van der Waals surface area contributed by atoms with Crippen LogP contribution in [0.1, 0.15) is 0 Å². The number of aryl methyl sites for hydroxylation is 1. The predicted molar refractivity (Wildman–Crippen MR) is 98.8 cm³/mol. The molecule has 4 rings (SSSR count). The second-order valence-corrected chi connectivity index (χ2v) is 7.99. The topological polar surface area (TPSA) is 89.8 Å². The first-order valence-corrected chi connectivity index (χ1v) is 9.58. The van der Waals surface area contributed by atoms with Gasteiger partial charge in [0, 0.05) is 29.3 Å². The number of nitrogens with one attached hydrogen (secondary N) is 1. The van der Waals surface area contributed by atoms with Crippen molar-refractivity contribution in [1.29, 1.82) is 0 Å². The number of aromatic nitrogens is 4. The molecule has 0 saturated heterocycles. The van der Waals surface area contributed by atoms with E-state index in [1.54, 1.807) is 42.2 Å². The third-order valence-corrected chi connectivity index (χ3v) is 5.58. The van der Waals surface area contributed by atoms with Crippen molar-refractivity contribution >= 4 is 54.0 Å². The highest BCUT2D eigenvalue weighted by atomic mass is 79.9. The van der Waals surface area contributed by atoms with Gasteiger partial charge < -0.3 is 0 Å². The van der Waals surface area contributed by atoms with E-state index in [4.69, 9.17) is 0 Å². The Kier molecular flexibility index (Phi) is 3.69. The van der Waals surface area contributed by atoms with E-state index in [1.165, 1.54) is 6.07 Å². The molecular formula is C16H12BrN5O2S. The van der Waals surface area contributed by atoms with Crippen LogP contribution in [0.4, 0.5) is 5.95 Å². The number of benzene rings is 1. The zero-order valence-corrected chi connectivity index (χ0v) is 15.4. The van der Waals surface area contributed by atoms with Crippen molar-refractivity contribution in [2.45, 2.75) is 4.90 Å². The molecule has 126 valence electrons. The van der Waals surface area contributed by atoms with Crippen molar-refractivity contribution in [2.75, 3.05) is 4.72 Å². The van der Waals surface area contributed by atoms with E-state index in [9.17, 15) is 8.42 Å². The second kappa shape index (κ2) is 5.78. The summed E-state index contributed by atoms with van der Waals surface area (Å²) in [5.74, 6) is 0.192. The number of fused-ring (bicyclic) bond motifs is 2. The smallest absolute Gasteiger partial charge is 0.266 e. The maximum Gasteiger partial charge on any atom is 0.266 e. The second-order valence-electron chi connectivity index (χ2n) is 5.43. The lowest BCUT2D eigenvalue weighted by atomic mass is 10.2. The van der Waals surface area contributed by atoms with Crippen molar-refractivity contribution in [2.24, 2.45) is 7.05 Å². The van der Waals surface area contributed by atoms with Crippen LogP contribution in [0.25, 0.3) is 22.1 Å². The summed E-state index contributed by atoms with van der Waals surface area (Å²) in [5.41, 5.74) is 1.60. The largest absolute Gasteiger partial charge is 0.297 e. The number of rotatable bonds is 3. The fourth-order valence-electron chi connectivity index (χ4n) is 2.62. The standard InChI is InChI=1S/C16H12BrN5O2S/c1-22-15-12(5-3-7-19-15)20-16(22)21-25(23,24)13-9-11(17)8-10-4-2-6-18-14(10)13/h2-9H,1H3,(H,20,21). The molecule has 0 spiro atoms.